The molecule has 6 heteroatoms. The van der Waals surface area contributed by atoms with Gasteiger partial charge in [-0.25, -0.2) is 9.59 Å². The summed E-state index contributed by atoms with van der Waals surface area (Å²) in [5, 5.41) is 0. The van der Waals surface area contributed by atoms with E-state index < -0.39 is 24.2 Å². The lowest BCUT2D eigenvalue weighted by Crippen LogP contribution is -2.43. The van der Waals surface area contributed by atoms with Gasteiger partial charge in [0, 0.05) is 0 Å². The molecule has 1 aliphatic heterocycles. The van der Waals surface area contributed by atoms with E-state index in [-0.39, 0.29) is 6.07 Å². The van der Waals surface area contributed by atoms with Crippen molar-refractivity contribution in [2.24, 2.45) is 0 Å². The average Bonchev–Trinajstić information content (AvgIpc) is 2.77. The van der Waals surface area contributed by atoms with E-state index >= 15 is 0 Å². The zero-order chi connectivity index (χ0) is 15.2. The molecule has 0 aromatic heterocycles. The molecule has 114 valence electrons. The number of halogens is 1. The highest BCUT2D eigenvalue weighted by atomic mass is 35.5. The summed E-state index contributed by atoms with van der Waals surface area (Å²) >= 11 is 5.46. The van der Waals surface area contributed by atoms with E-state index in [1.165, 1.54) is 4.90 Å². The van der Waals surface area contributed by atoms with Crippen LogP contribution in [0.1, 0.15) is 25.3 Å². The highest BCUT2D eigenvalue weighted by Gasteiger charge is 2.46. The van der Waals surface area contributed by atoms with Crippen LogP contribution < -0.4 is 0 Å². The van der Waals surface area contributed by atoms with Crippen LogP contribution >= 0.6 is 11.6 Å². The maximum Gasteiger partial charge on any atom is 0.411 e. The van der Waals surface area contributed by atoms with E-state index in [0.717, 1.165) is 12.0 Å². The Morgan fingerprint density at radius 1 is 1.38 bits per heavy atom. The van der Waals surface area contributed by atoms with Gasteiger partial charge < -0.3 is 9.47 Å². The van der Waals surface area contributed by atoms with Gasteiger partial charge in [0.1, 0.15) is 6.10 Å². The number of esters is 1. The van der Waals surface area contributed by atoms with Crippen molar-refractivity contribution in [1.82, 2.24) is 4.90 Å². The quantitative estimate of drug-likeness (QED) is 0.599. The van der Waals surface area contributed by atoms with Crippen molar-refractivity contribution in [2.45, 2.75) is 38.5 Å². The number of amides is 1. The van der Waals surface area contributed by atoms with Gasteiger partial charge in [0.2, 0.25) is 0 Å². The van der Waals surface area contributed by atoms with E-state index in [0.29, 0.717) is 13.0 Å². The number of ether oxygens (including phenoxy) is 2. The molecule has 2 atom stereocenters. The van der Waals surface area contributed by atoms with Gasteiger partial charge in [-0.15, -0.1) is 0 Å². The summed E-state index contributed by atoms with van der Waals surface area (Å²) in [7, 11) is 0. The van der Waals surface area contributed by atoms with Crippen molar-refractivity contribution < 1.29 is 19.1 Å². The molecule has 0 bridgehead atoms. The van der Waals surface area contributed by atoms with Crippen LogP contribution in [0.15, 0.2) is 30.3 Å². The molecule has 1 aromatic rings. The van der Waals surface area contributed by atoms with Gasteiger partial charge >= 0.3 is 12.1 Å². The minimum atomic E-state index is -0.739. The van der Waals surface area contributed by atoms with E-state index in [2.05, 4.69) is 0 Å². The maximum absolute atomic E-state index is 12.1. The van der Waals surface area contributed by atoms with Crippen LogP contribution in [0.4, 0.5) is 4.79 Å². The molecule has 5 nitrogen and oxygen atoms in total. The number of carbonyl (C=O) groups excluding carboxylic acids is 2. The molecule has 1 saturated heterocycles. The molecular formula is C15H18ClNO4. The number of alkyl halides is 1. The summed E-state index contributed by atoms with van der Waals surface area (Å²) in [4.78, 5) is 25.5. The SMILES string of the molecule is CCC[C@@H]1OC(=O)N(Cc2ccccc2)[C@H]1C(=O)OCCl. The molecule has 0 spiro atoms. The van der Waals surface area contributed by atoms with Crippen LogP contribution in [0.5, 0.6) is 0 Å². The van der Waals surface area contributed by atoms with Crippen molar-refractivity contribution in [1.29, 1.82) is 0 Å². The van der Waals surface area contributed by atoms with Crippen LogP contribution in [0, 0.1) is 0 Å². The Morgan fingerprint density at radius 2 is 2.10 bits per heavy atom. The Balaban J connectivity index is 2.19. The molecule has 1 aromatic carbocycles. The van der Waals surface area contributed by atoms with Gasteiger partial charge in [0.25, 0.3) is 0 Å². The third kappa shape index (κ3) is 3.67. The molecule has 1 heterocycles. The average molecular weight is 312 g/mol. The smallest absolute Gasteiger partial charge is 0.411 e. The predicted molar refractivity (Wildman–Crippen MR) is 77.8 cm³/mol. The summed E-state index contributed by atoms with van der Waals surface area (Å²) < 4.78 is 10.2. The van der Waals surface area contributed by atoms with Crippen LogP contribution in [0.2, 0.25) is 0 Å². The number of carbonyl (C=O) groups is 2. The van der Waals surface area contributed by atoms with Crippen molar-refractivity contribution in [3.05, 3.63) is 35.9 Å². The van der Waals surface area contributed by atoms with Gasteiger partial charge in [0.05, 0.1) is 6.54 Å². The van der Waals surface area contributed by atoms with E-state index in [1.807, 2.05) is 37.3 Å². The lowest BCUT2D eigenvalue weighted by molar-refractivity contribution is -0.147. The fourth-order valence-corrected chi connectivity index (χ4v) is 2.55. The summed E-state index contributed by atoms with van der Waals surface area (Å²) in [5.41, 5.74) is 0.926. The first-order chi connectivity index (χ1) is 10.2. The molecule has 0 saturated carbocycles. The fourth-order valence-electron chi connectivity index (χ4n) is 2.44. The largest absolute Gasteiger partial charge is 0.448 e. The normalized spacial score (nSPS) is 21.2. The third-order valence-electron chi connectivity index (χ3n) is 3.38. The summed E-state index contributed by atoms with van der Waals surface area (Å²) in [6, 6.07) is 8.47. The Hall–Kier alpha value is -1.75. The van der Waals surface area contributed by atoms with Crippen molar-refractivity contribution in [3.8, 4) is 0 Å². The topological polar surface area (TPSA) is 55.8 Å². The van der Waals surface area contributed by atoms with Crippen LogP contribution in [0.3, 0.4) is 0 Å². The maximum atomic E-state index is 12.1. The summed E-state index contributed by atoms with van der Waals surface area (Å²) in [5.74, 6) is -0.523. The Bertz CT molecular complexity index is 494. The first kappa shape index (κ1) is 15.6. The minimum absolute atomic E-state index is 0.235. The van der Waals surface area contributed by atoms with Crippen LogP contribution in [-0.4, -0.2) is 35.2 Å². The second kappa shape index (κ2) is 7.31. The second-order valence-electron chi connectivity index (χ2n) is 4.84. The summed E-state index contributed by atoms with van der Waals surface area (Å²) in [6.07, 6.45) is 0.441. The van der Waals surface area contributed by atoms with Gasteiger partial charge in [-0.05, 0) is 12.0 Å². The van der Waals surface area contributed by atoms with E-state index in [1.54, 1.807) is 0 Å². The first-order valence-electron chi connectivity index (χ1n) is 6.91. The van der Waals surface area contributed by atoms with E-state index in [9.17, 15) is 9.59 Å². The Labute approximate surface area is 128 Å². The summed E-state index contributed by atoms with van der Waals surface area (Å²) in [6.45, 7) is 2.28. The molecule has 0 radical (unpaired) electrons. The van der Waals surface area contributed by atoms with Crippen molar-refractivity contribution in [2.75, 3.05) is 6.07 Å². The standard InChI is InChI=1S/C15H18ClNO4/c1-2-6-12-13(14(18)20-10-16)17(15(19)21-12)9-11-7-4-3-5-8-11/h3-5,7-8,12-13H,2,6,9-10H2,1H3/t12-,13+/m0/s1. The molecule has 1 fully saturated rings. The predicted octanol–water partition coefficient (Wildman–Crippen LogP) is 2.92. The van der Waals surface area contributed by atoms with Gasteiger partial charge in [-0.2, -0.15) is 0 Å². The zero-order valence-corrected chi connectivity index (χ0v) is 12.6. The van der Waals surface area contributed by atoms with Gasteiger partial charge in [0.15, 0.2) is 12.1 Å². The number of hydrogen-bond acceptors (Lipinski definition) is 4. The van der Waals surface area contributed by atoms with Gasteiger partial charge in [-0.3, -0.25) is 4.90 Å². The molecule has 21 heavy (non-hydrogen) atoms. The fraction of sp³-hybridized carbons (Fsp3) is 0.467. The highest BCUT2D eigenvalue weighted by Crippen LogP contribution is 2.26. The molecule has 2 rings (SSSR count). The van der Waals surface area contributed by atoms with Crippen molar-refractivity contribution in [3.63, 3.8) is 0 Å². The Kier molecular flexibility index (Phi) is 5.44. The monoisotopic (exact) mass is 311 g/mol. The first-order valence-corrected chi connectivity index (χ1v) is 7.44. The third-order valence-corrected chi connectivity index (χ3v) is 3.49. The minimum Gasteiger partial charge on any atom is -0.448 e. The Morgan fingerprint density at radius 3 is 2.71 bits per heavy atom. The van der Waals surface area contributed by atoms with Crippen LogP contribution in [-0.2, 0) is 20.8 Å². The second-order valence-corrected chi connectivity index (χ2v) is 5.06. The van der Waals surface area contributed by atoms with E-state index in [4.69, 9.17) is 21.1 Å². The number of benzene rings is 1. The molecule has 0 N–H and O–H groups in total. The molecule has 1 aliphatic rings. The lowest BCUT2D eigenvalue weighted by atomic mass is 10.1. The van der Waals surface area contributed by atoms with Gasteiger partial charge in [-0.1, -0.05) is 55.3 Å². The number of nitrogens with zero attached hydrogens (tertiary/aromatic N) is 1. The number of rotatable bonds is 6. The lowest BCUT2D eigenvalue weighted by Gasteiger charge is -2.22. The van der Waals surface area contributed by atoms with Crippen LogP contribution in [0.25, 0.3) is 0 Å². The molecular weight excluding hydrogens is 294 g/mol. The molecule has 0 unspecified atom stereocenters. The molecule has 0 aliphatic carbocycles. The highest BCUT2D eigenvalue weighted by molar-refractivity contribution is 6.17. The number of cyclic esters (lactones) is 1. The number of hydrogen-bond donors (Lipinski definition) is 0. The zero-order valence-electron chi connectivity index (χ0n) is 11.8. The molecule has 1 amide bonds. The van der Waals surface area contributed by atoms with Crippen molar-refractivity contribution >= 4 is 23.7 Å².